The van der Waals surface area contributed by atoms with Crippen LogP contribution in [0.15, 0.2) is 21.5 Å². The molecule has 0 fully saturated rings. The number of hydrogen-bond acceptors (Lipinski definition) is 6. The third-order valence-electron chi connectivity index (χ3n) is 3.21. The van der Waals surface area contributed by atoms with E-state index in [0.29, 0.717) is 4.60 Å². The van der Waals surface area contributed by atoms with Gasteiger partial charge >= 0.3 is 5.97 Å². The summed E-state index contributed by atoms with van der Waals surface area (Å²) in [6, 6.07) is 3.11. The Kier molecular flexibility index (Phi) is 5.17. The van der Waals surface area contributed by atoms with Crippen LogP contribution in [0.5, 0.6) is 5.75 Å². The fourth-order valence-corrected chi connectivity index (χ4v) is 2.49. The number of nitrogens with one attached hydrogen (secondary N) is 1. The van der Waals surface area contributed by atoms with Gasteiger partial charge in [0.2, 0.25) is 0 Å². The summed E-state index contributed by atoms with van der Waals surface area (Å²) in [4.78, 5) is 40.5. The van der Waals surface area contributed by atoms with Gasteiger partial charge in [0.15, 0.2) is 0 Å². The summed E-state index contributed by atoms with van der Waals surface area (Å²) < 4.78 is 6.71. The molecule has 134 valence electrons. The number of carbonyl (C=O) groups is 2. The number of fused-ring (bicyclic) bond motifs is 1. The van der Waals surface area contributed by atoms with E-state index in [1.807, 2.05) is 0 Å². The van der Waals surface area contributed by atoms with Crippen molar-refractivity contribution in [2.24, 2.45) is 7.05 Å². The summed E-state index contributed by atoms with van der Waals surface area (Å²) in [7, 11) is 1.44. The van der Waals surface area contributed by atoms with Crippen molar-refractivity contribution in [3.8, 4) is 5.75 Å². The van der Waals surface area contributed by atoms with E-state index < -0.39 is 40.9 Å². The summed E-state index contributed by atoms with van der Waals surface area (Å²) in [5.74, 6) is -2.00. The number of aromatic hydroxyl groups is 1. The van der Waals surface area contributed by atoms with Crippen LogP contribution in [0, 0.1) is 0 Å². The molecular weight excluding hydrogens is 394 g/mol. The molecule has 0 aliphatic carbocycles. The molecular formula is C16H18BrN3O5. The standard InChI is InChI=1S/C16H18BrN3O5/c1-16(2,3)25-10(21)7-18-14(23)11-12(22)8-5-6-9(17)19-13(8)20(4)15(11)24/h5-6,22H,7H2,1-4H3,(H,18,23). The molecule has 2 heterocycles. The summed E-state index contributed by atoms with van der Waals surface area (Å²) >= 11 is 3.19. The van der Waals surface area contributed by atoms with Gasteiger partial charge in [0.05, 0.1) is 5.39 Å². The number of ether oxygens (including phenoxy) is 1. The van der Waals surface area contributed by atoms with Crippen molar-refractivity contribution < 1.29 is 19.4 Å². The molecule has 2 rings (SSSR count). The van der Waals surface area contributed by atoms with Crippen molar-refractivity contribution in [3.63, 3.8) is 0 Å². The first-order valence-corrected chi connectivity index (χ1v) is 8.19. The van der Waals surface area contributed by atoms with Crippen molar-refractivity contribution in [3.05, 3.63) is 32.7 Å². The highest BCUT2D eigenvalue weighted by molar-refractivity contribution is 9.10. The smallest absolute Gasteiger partial charge is 0.325 e. The Bertz CT molecular complexity index is 915. The molecule has 0 aliphatic heterocycles. The fraction of sp³-hybridized carbons (Fsp3) is 0.375. The number of rotatable bonds is 3. The molecule has 8 nitrogen and oxygen atoms in total. The van der Waals surface area contributed by atoms with Gasteiger partial charge in [-0.2, -0.15) is 0 Å². The molecule has 2 aromatic rings. The van der Waals surface area contributed by atoms with Crippen LogP contribution in [0.2, 0.25) is 0 Å². The van der Waals surface area contributed by atoms with Crippen LogP contribution in [-0.4, -0.2) is 38.7 Å². The molecule has 1 amide bonds. The molecule has 0 aromatic carbocycles. The predicted molar refractivity (Wildman–Crippen MR) is 94.5 cm³/mol. The molecule has 0 unspecified atom stereocenters. The number of esters is 1. The summed E-state index contributed by atoms with van der Waals surface area (Å²) in [5, 5.41) is 12.9. The minimum Gasteiger partial charge on any atom is -0.506 e. The quantitative estimate of drug-likeness (QED) is 0.584. The van der Waals surface area contributed by atoms with Gasteiger partial charge in [0.1, 0.15) is 33.7 Å². The molecule has 0 atom stereocenters. The second-order valence-electron chi connectivity index (χ2n) is 6.36. The number of pyridine rings is 2. The van der Waals surface area contributed by atoms with Crippen molar-refractivity contribution >= 4 is 38.8 Å². The van der Waals surface area contributed by atoms with E-state index >= 15 is 0 Å². The molecule has 0 bridgehead atoms. The molecule has 25 heavy (non-hydrogen) atoms. The molecule has 9 heteroatoms. The maximum atomic E-state index is 12.4. The molecule has 2 aromatic heterocycles. The first-order chi connectivity index (χ1) is 11.5. The lowest BCUT2D eigenvalue weighted by Crippen LogP contribution is -2.37. The van der Waals surface area contributed by atoms with Crippen molar-refractivity contribution in [1.82, 2.24) is 14.9 Å². The normalized spacial score (nSPS) is 11.4. The zero-order chi connectivity index (χ0) is 18.9. The SMILES string of the molecule is Cn1c(=O)c(C(=O)NCC(=O)OC(C)(C)C)c(O)c2ccc(Br)nc21. The minimum absolute atomic E-state index is 0.223. The maximum absolute atomic E-state index is 12.4. The van der Waals surface area contributed by atoms with Crippen LogP contribution >= 0.6 is 15.9 Å². The molecule has 0 radical (unpaired) electrons. The molecule has 0 saturated heterocycles. The van der Waals surface area contributed by atoms with Crippen molar-refractivity contribution in [1.29, 1.82) is 0 Å². The lowest BCUT2D eigenvalue weighted by Gasteiger charge is -2.19. The van der Waals surface area contributed by atoms with E-state index in [4.69, 9.17) is 4.74 Å². The topological polar surface area (TPSA) is 111 Å². The zero-order valence-corrected chi connectivity index (χ0v) is 15.8. The van der Waals surface area contributed by atoms with Crippen LogP contribution in [0.4, 0.5) is 0 Å². The Morgan fingerprint density at radius 2 is 2.00 bits per heavy atom. The van der Waals surface area contributed by atoms with Crippen LogP contribution in [0.3, 0.4) is 0 Å². The second kappa shape index (κ2) is 6.83. The average molecular weight is 412 g/mol. The Balaban J connectivity index is 2.35. The lowest BCUT2D eigenvalue weighted by molar-refractivity contribution is -0.153. The Morgan fingerprint density at radius 1 is 1.36 bits per heavy atom. The van der Waals surface area contributed by atoms with E-state index in [1.165, 1.54) is 13.1 Å². The van der Waals surface area contributed by atoms with Crippen LogP contribution in [0.1, 0.15) is 31.1 Å². The van der Waals surface area contributed by atoms with Crippen LogP contribution in [0.25, 0.3) is 11.0 Å². The largest absolute Gasteiger partial charge is 0.506 e. The number of amides is 1. The van der Waals surface area contributed by atoms with E-state index in [9.17, 15) is 19.5 Å². The highest BCUT2D eigenvalue weighted by atomic mass is 79.9. The number of carbonyl (C=O) groups excluding carboxylic acids is 2. The van der Waals surface area contributed by atoms with Gasteiger partial charge in [-0.1, -0.05) is 0 Å². The van der Waals surface area contributed by atoms with Gasteiger partial charge in [-0.3, -0.25) is 19.0 Å². The first-order valence-electron chi connectivity index (χ1n) is 7.39. The van der Waals surface area contributed by atoms with E-state index in [-0.39, 0.29) is 11.0 Å². The Morgan fingerprint density at radius 3 is 2.60 bits per heavy atom. The van der Waals surface area contributed by atoms with Gasteiger partial charge in [0, 0.05) is 7.05 Å². The van der Waals surface area contributed by atoms with Crippen molar-refractivity contribution in [2.75, 3.05) is 6.54 Å². The first kappa shape index (κ1) is 18.9. The monoisotopic (exact) mass is 411 g/mol. The van der Waals surface area contributed by atoms with Crippen LogP contribution in [-0.2, 0) is 16.6 Å². The molecule has 0 saturated carbocycles. The number of halogens is 1. The molecule has 2 N–H and O–H groups in total. The third-order valence-corrected chi connectivity index (χ3v) is 3.65. The van der Waals surface area contributed by atoms with E-state index in [0.717, 1.165) is 4.57 Å². The number of aryl methyl sites for hydroxylation is 1. The summed E-state index contributed by atoms with van der Waals surface area (Å²) in [5.41, 5.74) is -1.65. The summed E-state index contributed by atoms with van der Waals surface area (Å²) in [6.07, 6.45) is 0. The minimum atomic E-state index is -0.867. The number of hydrogen-bond donors (Lipinski definition) is 2. The number of aromatic nitrogens is 2. The van der Waals surface area contributed by atoms with E-state index in [1.54, 1.807) is 26.8 Å². The molecule has 0 aliphatic rings. The van der Waals surface area contributed by atoms with Gasteiger partial charge < -0.3 is 15.2 Å². The second-order valence-corrected chi connectivity index (χ2v) is 7.17. The highest BCUT2D eigenvalue weighted by Gasteiger charge is 2.23. The maximum Gasteiger partial charge on any atom is 0.325 e. The lowest BCUT2D eigenvalue weighted by atomic mass is 10.1. The van der Waals surface area contributed by atoms with Crippen LogP contribution < -0.4 is 10.9 Å². The zero-order valence-electron chi connectivity index (χ0n) is 14.2. The Labute approximate surface area is 151 Å². The predicted octanol–water partition coefficient (Wildman–Crippen LogP) is 1.47. The third kappa shape index (κ3) is 4.16. The Hall–Kier alpha value is -2.42. The summed E-state index contributed by atoms with van der Waals surface area (Å²) in [6.45, 7) is 4.67. The van der Waals surface area contributed by atoms with Crippen molar-refractivity contribution in [2.45, 2.75) is 26.4 Å². The molecule has 0 spiro atoms. The van der Waals surface area contributed by atoms with Gasteiger partial charge in [-0.05, 0) is 48.8 Å². The van der Waals surface area contributed by atoms with Gasteiger partial charge in [-0.15, -0.1) is 0 Å². The average Bonchev–Trinajstić information content (AvgIpc) is 2.49. The van der Waals surface area contributed by atoms with Gasteiger partial charge in [-0.25, -0.2) is 4.98 Å². The fourth-order valence-electron chi connectivity index (χ4n) is 2.19. The highest BCUT2D eigenvalue weighted by Crippen LogP contribution is 2.26. The van der Waals surface area contributed by atoms with E-state index in [2.05, 4.69) is 26.2 Å². The number of nitrogens with zero attached hydrogens (tertiary/aromatic N) is 2. The van der Waals surface area contributed by atoms with Gasteiger partial charge in [0.25, 0.3) is 11.5 Å².